The number of ether oxygens (including phenoxy) is 1. The molecule has 0 aromatic heterocycles. The minimum atomic E-state index is -0.673. The highest BCUT2D eigenvalue weighted by molar-refractivity contribution is 5.84. The lowest BCUT2D eigenvalue weighted by atomic mass is 10.0. The van der Waals surface area contributed by atoms with E-state index in [4.69, 9.17) is 4.74 Å². The summed E-state index contributed by atoms with van der Waals surface area (Å²) in [5.41, 5.74) is -0.673. The molecule has 0 aliphatic carbocycles. The van der Waals surface area contributed by atoms with E-state index in [1.165, 1.54) is 6.42 Å². The van der Waals surface area contributed by atoms with Crippen LogP contribution in [0.15, 0.2) is 0 Å². The standard InChI is InChI=1S/C12H24N2O2/c1-5-12(2,16-4)11(15)14(3)9-10-7-6-8-13-10/h10,13H,5-9H2,1-4H3. The zero-order valence-corrected chi connectivity index (χ0v) is 10.9. The topological polar surface area (TPSA) is 41.6 Å². The van der Waals surface area contributed by atoms with Gasteiger partial charge in [-0.2, -0.15) is 0 Å². The molecule has 2 unspecified atom stereocenters. The summed E-state index contributed by atoms with van der Waals surface area (Å²) in [6.07, 6.45) is 3.07. The molecule has 4 heteroatoms. The van der Waals surface area contributed by atoms with Crippen molar-refractivity contribution in [2.45, 2.75) is 44.8 Å². The molecule has 16 heavy (non-hydrogen) atoms. The van der Waals surface area contributed by atoms with E-state index in [1.807, 2.05) is 20.9 Å². The third-order valence-electron chi connectivity index (χ3n) is 3.58. The summed E-state index contributed by atoms with van der Waals surface area (Å²) in [7, 11) is 3.46. The molecule has 94 valence electrons. The average molecular weight is 228 g/mol. The first-order valence-corrected chi connectivity index (χ1v) is 6.07. The Balaban J connectivity index is 2.51. The Bertz CT molecular complexity index is 233. The van der Waals surface area contributed by atoms with Gasteiger partial charge in [0.1, 0.15) is 5.60 Å². The van der Waals surface area contributed by atoms with E-state index in [-0.39, 0.29) is 5.91 Å². The predicted molar refractivity (Wildman–Crippen MR) is 64.4 cm³/mol. The van der Waals surface area contributed by atoms with Crippen LogP contribution in [-0.2, 0) is 9.53 Å². The summed E-state index contributed by atoms with van der Waals surface area (Å²) < 4.78 is 5.32. The molecule has 0 spiro atoms. The van der Waals surface area contributed by atoms with Crippen molar-refractivity contribution >= 4 is 5.91 Å². The van der Waals surface area contributed by atoms with Gasteiger partial charge in [0.15, 0.2) is 0 Å². The fourth-order valence-corrected chi connectivity index (χ4v) is 2.11. The number of hydrogen-bond acceptors (Lipinski definition) is 3. The molecular weight excluding hydrogens is 204 g/mol. The van der Waals surface area contributed by atoms with Crippen LogP contribution in [0.3, 0.4) is 0 Å². The van der Waals surface area contributed by atoms with Crippen LogP contribution in [-0.4, -0.2) is 49.7 Å². The summed E-state index contributed by atoms with van der Waals surface area (Å²) in [6.45, 7) is 5.68. The largest absolute Gasteiger partial charge is 0.369 e. The van der Waals surface area contributed by atoms with Crippen molar-refractivity contribution in [2.24, 2.45) is 0 Å². The molecule has 0 aromatic rings. The Kier molecular flexibility index (Phi) is 4.74. The molecule has 1 heterocycles. The van der Waals surface area contributed by atoms with Crippen LogP contribution >= 0.6 is 0 Å². The minimum absolute atomic E-state index is 0.0752. The molecule has 0 radical (unpaired) electrons. The Morgan fingerprint density at radius 3 is 2.75 bits per heavy atom. The number of nitrogens with zero attached hydrogens (tertiary/aromatic N) is 1. The van der Waals surface area contributed by atoms with Gasteiger partial charge in [-0.15, -0.1) is 0 Å². The van der Waals surface area contributed by atoms with Crippen LogP contribution in [0.5, 0.6) is 0 Å². The Labute approximate surface area is 98.3 Å². The van der Waals surface area contributed by atoms with Crippen LogP contribution in [0.2, 0.25) is 0 Å². The van der Waals surface area contributed by atoms with Crippen molar-refractivity contribution < 1.29 is 9.53 Å². The second-order valence-corrected chi connectivity index (χ2v) is 4.77. The highest BCUT2D eigenvalue weighted by Gasteiger charge is 2.34. The summed E-state index contributed by atoms with van der Waals surface area (Å²) >= 11 is 0. The maximum Gasteiger partial charge on any atom is 0.254 e. The first kappa shape index (κ1) is 13.5. The fraction of sp³-hybridized carbons (Fsp3) is 0.917. The lowest BCUT2D eigenvalue weighted by molar-refractivity contribution is -0.152. The first-order chi connectivity index (χ1) is 7.53. The summed E-state index contributed by atoms with van der Waals surface area (Å²) in [5, 5.41) is 3.40. The van der Waals surface area contributed by atoms with Gasteiger partial charge < -0.3 is 15.0 Å². The summed E-state index contributed by atoms with van der Waals surface area (Å²) in [5.74, 6) is 0.0752. The Hall–Kier alpha value is -0.610. The third kappa shape index (κ3) is 2.95. The number of carbonyl (C=O) groups excluding carboxylic acids is 1. The van der Waals surface area contributed by atoms with Gasteiger partial charge in [-0.05, 0) is 32.7 Å². The average Bonchev–Trinajstić information content (AvgIpc) is 2.79. The zero-order valence-electron chi connectivity index (χ0n) is 10.9. The lowest BCUT2D eigenvalue weighted by Crippen LogP contribution is -2.49. The number of hydrogen-bond donors (Lipinski definition) is 1. The lowest BCUT2D eigenvalue weighted by Gasteiger charge is -2.31. The van der Waals surface area contributed by atoms with E-state index < -0.39 is 5.60 Å². The van der Waals surface area contributed by atoms with Crippen LogP contribution in [0.25, 0.3) is 0 Å². The third-order valence-corrected chi connectivity index (χ3v) is 3.58. The van der Waals surface area contributed by atoms with Crippen molar-refractivity contribution in [2.75, 3.05) is 27.2 Å². The quantitative estimate of drug-likeness (QED) is 0.763. The Morgan fingerprint density at radius 2 is 2.31 bits per heavy atom. The predicted octanol–water partition coefficient (Wildman–Crippen LogP) is 1.01. The van der Waals surface area contributed by atoms with Crippen molar-refractivity contribution in [1.82, 2.24) is 10.2 Å². The van der Waals surface area contributed by atoms with Crippen LogP contribution < -0.4 is 5.32 Å². The van der Waals surface area contributed by atoms with Crippen molar-refractivity contribution in [1.29, 1.82) is 0 Å². The molecule has 0 saturated carbocycles. The van der Waals surface area contributed by atoms with Gasteiger partial charge in [-0.1, -0.05) is 6.92 Å². The maximum absolute atomic E-state index is 12.2. The van der Waals surface area contributed by atoms with Gasteiger partial charge in [0, 0.05) is 26.7 Å². The van der Waals surface area contributed by atoms with E-state index in [0.29, 0.717) is 12.5 Å². The Morgan fingerprint density at radius 1 is 1.62 bits per heavy atom. The molecule has 1 amide bonds. The molecule has 1 rings (SSSR count). The van der Waals surface area contributed by atoms with Crippen molar-refractivity contribution in [3.8, 4) is 0 Å². The van der Waals surface area contributed by atoms with Gasteiger partial charge in [0.05, 0.1) is 0 Å². The van der Waals surface area contributed by atoms with Gasteiger partial charge in [-0.25, -0.2) is 0 Å². The van der Waals surface area contributed by atoms with Gasteiger partial charge in [0.25, 0.3) is 5.91 Å². The first-order valence-electron chi connectivity index (χ1n) is 6.07. The number of likely N-dealkylation sites (N-methyl/N-ethyl adjacent to an activating group) is 1. The second kappa shape index (κ2) is 5.64. The van der Waals surface area contributed by atoms with Gasteiger partial charge in [0.2, 0.25) is 0 Å². The number of carbonyl (C=O) groups is 1. The van der Waals surface area contributed by atoms with E-state index in [1.54, 1.807) is 12.0 Å². The van der Waals surface area contributed by atoms with Crippen LogP contribution in [0.4, 0.5) is 0 Å². The molecule has 0 bridgehead atoms. The van der Waals surface area contributed by atoms with Gasteiger partial charge >= 0.3 is 0 Å². The van der Waals surface area contributed by atoms with E-state index in [2.05, 4.69) is 5.32 Å². The molecule has 0 aromatic carbocycles. The molecule has 1 aliphatic heterocycles. The van der Waals surface area contributed by atoms with Crippen LogP contribution in [0, 0.1) is 0 Å². The number of nitrogens with one attached hydrogen (secondary N) is 1. The monoisotopic (exact) mass is 228 g/mol. The molecule has 1 fully saturated rings. The smallest absolute Gasteiger partial charge is 0.254 e. The van der Waals surface area contributed by atoms with Crippen molar-refractivity contribution in [3.05, 3.63) is 0 Å². The summed E-state index contributed by atoms with van der Waals surface area (Å²) in [6, 6.07) is 0.451. The second-order valence-electron chi connectivity index (χ2n) is 4.77. The normalized spacial score (nSPS) is 24.1. The zero-order chi connectivity index (χ0) is 12.2. The molecular formula is C12H24N2O2. The maximum atomic E-state index is 12.2. The van der Waals surface area contributed by atoms with Crippen LogP contribution in [0.1, 0.15) is 33.1 Å². The highest BCUT2D eigenvalue weighted by Crippen LogP contribution is 2.18. The minimum Gasteiger partial charge on any atom is -0.369 e. The molecule has 1 N–H and O–H groups in total. The van der Waals surface area contributed by atoms with Crippen molar-refractivity contribution in [3.63, 3.8) is 0 Å². The number of methoxy groups -OCH3 is 1. The number of rotatable bonds is 5. The number of amides is 1. The molecule has 4 nitrogen and oxygen atoms in total. The fourth-order valence-electron chi connectivity index (χ4n) is 2.11. The SMILES string of the molecule is CCC(C)(OC)C(=O)N(C)CC1CCCN1. The van der Waals surface area contributed by atoms with Gasteiger partial charge in [-0.3, -0.25) is 4.79 Å². The summed E-state index contributed by atoms with van der Waals surface area (Å²) in [4.78, 5) is 14.0. The molecule has 2 atom stereocenters. The molecule has 1 aliphatic rings. The van der Waals surface area contributed by atoms with E-state index >= 15 is 0 Å². The van der Waals surface area contributed by atoms with E-state index in [0.717, 1.165) is 19.5 Å². The van der Waals surface area contributed by atoms with E-state index in [9.17, 15) is 4.79 Å². The highest BCUT2D eigenvalue weighted by atomic mass is 16.5. The molecule has 1 saturated heterocycles.